The lowest BCUT2D eigenvalue weighted by atomic mass is 9.47. The number of allylic oxidation sites excluding steroid dienone is 4. The van der Waals surface area contributed by atoms with E-state index in [9.17, 15) is 76.3 Å². The van der Waals surface area contributed by atoms with Crippen LogP contribution in [-0.2, 0) is 52.2 Å². The Morgan fingerprint density at radius 2 is 1.17 bits per heavy atom. The molecule has 0 radical (unpaired) electrons. The molecule has 25 nitrogen and oxygen atoms in total. The van der Waals surface area contributed by atoms with Crippen LogP contribution in [0.4, 0.5) is 0 Å². The Hall–Kier alpha value is -1.81. The Balaban J connectivity index is 0.963. The third-order valence-electron chi connectivity index (χ3n) is 19.8. The number of hydrogen-bond acceptors (Lipinski definition) is 25. The third-order valence-corrected chi connectivity index (χ3v) is 19.8. The second kappa shape index (κ2) is 24.8. The van der Waals surface area contributed by atoms with Crippen LogP contribution in [0.5, 0.6) is 0 Å². The van der Waals surface area contributed by atoms with Crippen molar-refractivity contribution in [3.8, 4) is 0 Å². The third kappa shape index (κ3) is 12.2. The minimum atomic E-state index is -1.94. The van der Waals surface area contributed by atoms with Gasteiger partial charge in [0.05, 0.1) is 49.3 Å². The van der Waals surface area contributed by atoms with E-state index in [-0.39, 0.29) is 41.3 Å². The molecule has 8 fully saturated rings. The lowest BCUT2D eigenvalue weighted by Gasteiger charge is -2.60. The Morgan fingerprint density at radius 3 is 1.77 bits per heavy atom. The zero-order valence-corrected chi connectivity index (χ0v) is 47.3. The summed E-state index contributed by atoms with van der Waals surface area (Å²) in [5, 5.41) is 156. The van der Waals surface area contributed by atoms with Crippen molar-refractivity contribution in [2.24, 2.45) is 34.5 Å². The highest BCUT2D eigenvalue weighted by atomic mass is 16.8. The van der Waals surface area contributed by atoms with Gasteiger partial charge < -0.3 is 119 Å². The molecule has 464 valence electrons. The predicted octanol–water partition coefficient (Wildman–Crippen LogP) is -2.58. The smallest absolute Gasteiger partial charge is 0.187 e. The minimum Gasteiger partial charge on any atom is -0.394 e. The summed E-state index contributed by atoms with van der Waals surface area (Å²) in [5.41, 5.74) is 0.0596. The van der Waals surface area contributed by atoms with Gasteiger partial charge in [-0.05, 0) is 127 Å². The van der Waals surface area contributed by atoms with Crippen LogP contribution in [0.3, 0.4) is 0 Å². The van der Waals surface area contributed by atoms with Crippen LogP contribution in [0.25, 0.3) is 0 Å². The minimum absolute atomic E-state index is 0.00816. The van der Waals surface area contributed by atoms with Gasteiger partial charge in [-0.3, -0.25) is 4.79 Å². The highest BCUT2D eigenvalue weighted by Crippen LogP contribution is 2.67. The van der Waals surface area contributed by atoms with Gasteiger partial charge in [-0.15, -0.1) is 0 Å². The number of ketones is 1. The fourth-order valence-corrected chi connectivity index (χ4v) is 15.3. The second-order valence-electron chi connectivity index (χ2n) is 25.7. The molecule has 33 atom stereocenters. The van der Waals surface area contributed by atoms with Crippen LogP contribution in [0, 0.1) is 34.5 Å². The monoisotopic (exact) mass is 1160 g/mol. The lowest BCUT2D eigenvalue weighted by Crippen LogP contribution is -2.67. The molecule has 0 amide bonds. The Kier molecular flexibility index (Phi) is 19.5. The molecule has 3 saturated carbocycles. The summed E-state index contributed by atoms with van der Waals surface area (Å²) in [6.45, 7) is 12.7. The van der Waals surface area contributed by atoms with Crippen LogP contribution in [0.1, 0.15) is 107 Å². The van der Waals surface area contributed by atoms with Gasteiger partial charge in [0.15, 0.2) is 37.2 Å². The molecule has 14 N–H and O–H groups in total. The molecule has 0 aromatic carbocycles. The molecular formula is C56H90O25. The van der Waals surface area contributed by atoms with Crippen LogP contribution in [0.15, 0.2) is 23.3 Å². The van der Waals surface area contributed by atoms with E-state index >= 15 is 0 Å². The summed E-state index contributed by atoms with van der Waals surface area (Å²) >= 11 is 0. The van der Waals surface area contributed by atoms with E-state index in [2.05, 4.69) is 19.9 Å². The number of rotatable bonds is 15. The van der Waals surface area contributed by atoms with Crippen molar-refractivity contribution in [2.75, 3.05) is 13.2 Å². The molecule has 25 heteroatoms. The average molecular weight is 1160 g/mol. The molecular weight excluding hydrogens is 1070 g/mol. The number of carbonyl (C=O) groups excluding carboxylic acids is 1. The molecule has 5 saturated heterocycles. The fraction of sp³-hybridized carbons (Fsp3) is 0.911. The summed E-state index contributed by atoms with van der Waals surface area (Å²) < 4.78 is 61.1. The van der Waals surface area contributed by atoms with Crippen molar-refractivity contribution < 1.29 is 124 Å². The topological polar surface area (TPSA) is 393 Å². The summed E-state index contributed by atoms with van der Waals surface area (Å²) in [4.78, 5) is 13.1. The van der Waals surface area contributed by atoms with Crippen molar-refractivity contribution in [3.63, 3.8) is 0 Å². The first-order chi connectivity index (χ1) is 38.0. The molecule has 9 aliphatic rings. The summed E-state index contributed by atoms with van der Waals surface area (Å²) in [6.07, 6.45) is -32.8. The summed E-state index contributed by atoms with van der Waals surface area (Å²) in [6, 6.07) is 0. The van der Waals surface area contributed by atoms with Gasteiger partial charge >= 0.3 is 0 Å². The lowest BCUT2D eigenvalue weighted by molar-refractivity contribution is -0.398. The van der Waals surface area contributed by atoms with E-state index in [4.69, 9.17) is 47.4 Å². The van der Waals surface area contributed by atoms with Crippen LogP contribution in [0.2, 0.25) is 0 Å². The van der Waals surface area contributed by atoms with Crippen LogP contribution < -0.4 is 0 Å². The molecule has 5 heterocycles. The quantitative estimate of drug-likeness (QED) is 0.0591. The number of hydrogen-bond donors (Lipinski definition) is 14. The number of aliphatic hydroxyl groups is 14. The first-order valence-electron chi connectivity index (χ1n) is 28.9. The first-order valence-corrected chi connectivity index (χ1v) is 28.9. The average Bonchev–Trinajstić information content (AvgIpc) is 3.15. The maximum atomic E-state index is 13.1. The zero-order chi connectivity index (χ0) is 59.1. The largest absolute Gasteiger partial charge is 0.394 e. The van der Waals surface area contributed by atoms with Gasteiger partial charge in [-0.1, -0.05) is 31.1 Å². The van der Waals surface area contributed by atoms with E-state index < -0.39 is 184 Å². The fourth-order valence-electron chi connectivity index (χ4n) is 15.3. The van der Waals surface area contributed by atoms with Gasteiger partial charge in [-0.25, -0.2) is 0 Å². The van der Waals surface area contributed by atoms with E-state index in [1.807, 2.05) is 13.8 Å². The van der Waals surface area contributed by atoms with Crippen molar-refractivity contribution in [2.45, 2.75) is 272 Å². The van der Waals surface area contributed by atoms with Crippen molar-refractivity contribution in [3.05, 3.63) is 23.3 Å². The van der Waals surface area contributed by atoms with Crippen molar-refractivity contribution in [1.82, 2.24) is 0 Å². The Bertz CT molecular complexity index is 2220. The van der Waals surface area contributed by atoms with Gasteiger partial charge in [0.1, 0.15) is 97.7 Å². The predicted molar refractivity (Wildman–Crippen MR) is 275 cm³/mol. The van der Waals surface area contributed by atoms with Gasteiger partial charge in [0.25, 0.3) is 0 Å². The number of carbonyl (C=O) groups is 1. The van der Waals surface area contributed by atoms with E-state index in [0.29, 0.717) is 38.5 Å². The Labute approximate surface area is 471 Å². The van der Waals surface area contributed by atoms with Gasteiger partial charge in [0, 0.05) is 6.42 Å². The molecule has 0 bridgehead atoms. The summed E-state index contributed by atoms with van der Waals surface area (Å²) in [5.74, 6) is -0.489. The molecule has 5 aliphatic heterocycles. The highest BCUT2D eigenvalue weighted by molar-refractivity contribution is 5.90. The SMILES string of the molecule is CC(C)=CC(=O)CC(C)(O)C1CCC2C3CC(OC4OC(C)C(O)C(OC5OCC(OC6OC(CO)C(O)C(O)C6OC6OC(C)C(O)C(O)C6O)C(O)C5OC5OC(C)C(O)C(O)C5O)C4O)C4CC(O)CCC4(C)C3=CCC21C. The van der Waals surface area contributed by atoms with E-state index in [1.165, 1.54) is 19.4 Å². The molecule has 9 rings (SSSR count). The van der Waals surface area contributed by atoms with E-state index in [0.717, 1.165) is 12.0 Å². The molecule has 0 spiro atoms. The van der Waals surface area contributed by atoms with Crippen LogP contribution in [-0.4, -0.2) is 256 Å². The molecule has 81 heavy (non-hydrogen) atoms. The van der Waals surface area contributed by atoms with Crippen LogP contribution >= 0.6 is 0 Å². The highest BCUT2D eigenvalue weighted by Gasteiger charge is 2.63. The van der Waals surface area contributed by atoms with Gasteiger partial charge in [0.2, 0.25) is 0 Å². The number of fused-ring (bicyclic) bond motifs is 5. The Morgan fingerprint density at radius 1 is 0.617 bits per heavy atom. The standard InChI is InChI=1S/C56H90O25/c1-21(2)15-26(59)18-56(8,71)34-10-9-28-27-17-31(30-16-25(58)11-13-54(30,6)29(27)12-14-55(28,34)7)76-51-45(70)46(37(62)24(5)75-51)79-52-47(80-49-43(68)40(65)35(60)22(3)73-49)39(64)33(20-72-52)78-53-48(42(67)38(63)32(19-57)77-53)81-50-44(69)41(66)36(61)23(4)74-50/h12,15,22-25,27-28,30-53,57-58,60-71H,9-11,13-14,16-20H2,1-8H3. The van der Waals surface area contributed by atoms with Crippen molar-refractivity contribution in [1.29, 1.82) is 0 Å². The molecule has 0 aromatic rings. The number of ether oxygens (including phenoxy) is 10. The second-order valence-corrected chi connectivity index (χ2v) is 25.7. The number of aliphatic hydroxyl groups excluding tert-OH is 13. The van der Waals surface area contributed by atoms with Gasteiger partial charge in [-0.2, -0.15) is 0 Å². The first kappa shape index (κ1) is 63.7. The maximum Gasteiger partial charge on any atom is 0.187 e. The normalized spacial score (nSPS) is 52.8. The maximum absolute atomic E-state index is 13.1. The molecule has 33 unspecified atom stereocenters. The van der Waals surface area contributed by atoms with Crippen molar-refractivity contribution >= 4 is 5.78 Å². The van der Waals surface area contributed by atoms with E-state index in [1.54, 1.807) is 19.9 Å². The molecule has 4 aliphatic carbocycles. The summed E-state index contributed by atoms with van der Waals surface area (Å²) in [7, 11) is 0. The molecule has 0 aromatic heterocycles. The zero-order valence-electron chi connectivity index (χ0n) is 47.3.